The normalized spacial score (nSPS) is 10.0. The Kier molecular flexibility index (Phi) is 4.56. The van der Waals surface area contributed by atoms with Crippen LogP contribution in [-0.4, -0.2) is 11.5 Å². The lowest BCUT2D eigenvalue weighted by atomic mass is 10.1. The zero-order valence-electron chi connectivity index (χ0n) is 11.6. The maximum atomic E-state index is 9.22. The van der Waals surface area contributed by atoms with Crippen molar-refractivity contribution in [1.29, 1.82) is 5.26 Å². The molecule has 0 saturated carbocycles. The van der Waals surface area contributed by atoms with Crippen LogP contribution in [0.2, 0.25) is 0 Å². The zero-order valence-corrected chi connectivity index (χ0v) is 11.6. The minimum atomic E-state index is 0.650. The van der Waals surface area contributed by atoms with Gasteiger partial charge in [0, 0.05) is 25.0 Å². The molecule has 0 atom stereocenters. The SMILES string of the molecule is CCCN(Cc1cccc(N)c1)c1cnccc1C#N. The molecule has 0 aliphatic heterocycles. The highest BCUT2D eigenvalue weighted by Crippen LogP contribution is 2.21. The number of nitrogens with zero attached hydrogens (tertiary/aromatic N) is 3. The lowest BCUT2D eigenvalue weighted by Crippen LogP contribution is -2.24. The van der Waals surface area contributed by atoms with Crippen LogP contribution in [0.5, 0.6) is 0 Å². The van der Waals surface area contributed by atoms with Crippen molar-refractivity contribution in [3.63, 3.8) is 0 Å². The number of nitrogen functional groups attached to an aromatic ring is 1. The largest absolute Gasteiger partial charge is 0.399 e. The van der Waals surface area contributed by atoms with Gasteiger partial charge in [0.15, 0.2) is 0 Å². The lowest BCUT2D eigenvalue weighted by Gasteiger charge is -2.25. The van der Waals surface area contributed by atoms with Gasteiger partial charge in [-0.3, -0.25) is 4.98 Å². The van der Waals surface area contributed by atoms with Gasteiger partial charge in [-0.2, -0.15) is 5.26 Å². The topological polar surface area (TPSA) is 65.9 Å². The van der Waals surface area contributed by atoms with E-state index >= 15 is 0 Å². The summed E-state index contributed by atoms with van der Waals surface area (Å²) >= 11 is 0. The molecule has 102 valence electrons. The summed E-state index contributed by atoms with van der Waals surface area (Å²) in [5.74, 6) is 0. The number of aromatic nitrogens is 1. The lowest BCUT2D eigenvalue weighted by molar-refractivity contribution is 0.764. The molecule has 0 saturated heterocycles. The number of rotatable bonds is 5. The van der Waals surface area contributed by atoms with Crippen molar-refractivity contribution in [3.8, 4) is 6.07 Å². The molecular formula is C16H18N4. The highest BCUT2D eigenvalue weighted by molar-refractivity contribution is 5.58. The van der Waals surface area contributed by atoms with Crippen LogP contribution in [0, 0.1) is 11.3 Å². The number of pyridine rings is 1. The van der Waals surface area contributed by atoms with E-state index in [1.807, 2.05) is 24.3 Å². The molecule has 0 amide bonds. The second-order valence-corrected chi connectivity index (χ2v) is 4.67. The first kappa shape index (κ1) is 13.9. The van der Waals surface area contributed by atoms with Crippen LogP contribution in [0.3, 0.4) is 0 Å². The molecule has 0 aliphatic rings. The summed E-state index contributed by atoms with van der Waals surface area (Å²) in [7, 11) is 0. The van der Waals surface area contributed by atoms with Crippen LogP contribution >= 0.6 is 0 Å². The molecule has 2 rings (SSSR count). The molecule has 4 heteroatoms. The highest BCUT2D eigenvalue weighted by atomic mass is 15.1. The van der Waals surface area contributed by atoms with Crippen LogP contribution in [0.25, 0.3) is 0 Å². The van der Waals surface area contributed by atoms with Gasteiger partial charge in [0.2, 0.25) is 0 Å². The molecule has 1 aromatic carbocycles. The molecule has 0 unspecified atom stereocenters. The van der Waals surface area contributed by atoms with Gasteiger partial charge in [-0.15, -0.1) is 0 Å². The second-order valence-electron chi connectivity index (χ2n) is 4.67. The predicted molar refractivity (Wildman–Crippen MR) is 81.1 cm³/mol. The first-order valence-corrected chi connectivity index (χ1v) is 6.68. The van der Waals surface area contributed by atoms with Crippen LogP contribution in [0.1, 0.15) is 24.5 Å². The molecule has 0 aliphatic carbocycles. The van der Waals surface area contributed by atoms with Gasteiger partial charge >= 0.3 is 0 Å². The molecule has 4 nitrogen and oxygen atoms in total. The molecule has 2 aromatic rings. The van der Waals surface area contributed by atoms with Crippen molar-refractivity contribution in [2.75, 3.05) is 17.2 Å². The van der Waals surface area contributed by atoms with Crippen molar-refractivity contribution in [2.45, 2.75) is 19.9 Å². The highest BCUT2D eigenvalue weighted by Gasteiger charge is 2.11. The molecule has 1 heterocycles. The van der Waals surface area contributed by atoms with Crippen molar-refractivity contribution in [2.24, 2.45) is 0 Å². The Labute approximate surface area is 119 Å². The Bertz CT molecular complexity index is 616. The van der Waals surface area contributed by atoms with Gasteiger partial charge in [-0.1, -0.05) is 19.1 Å². The van der Waals surface area contributed by atoms with E-state index < -0.39 is 0 Å². The average Bonchev–Trinajstić information content (AvgIpc) is 2.47. The van der Waals surface area contributed by atoms with Gasteiger partial charge in [0.1, 0.15) is 6.07 Å². The number of benzene rings is 1. The fourth-order valence-corrected chi connectivity index (χ4v) is 2.20. The van der Waals surface area contributed by atoms with Crippen LogP contribution in [-0.2, 0) is 6.54 Å². The van der Waals surface area contributed by atoms with E-state index in [2.05, 4.69) is 22.9 Å². The standard InChI is InChI=1S/C16H18N4/c1-2-8-20(12-13-4-3-5-15(18)9-13)16-11-19-7-6-14(16)10-17/h3-7,9,11H,2,8,12,18H2,1H3. The average molecular weight is 266 g/mol. The quantitative estimate of drug-likeness (QED) is 0.845. The van der Waals surface area contributed by atoms with Gasteiger partial charge in [0.05, 0.1) is 17.4 Å². The molecular weight excluding hydrogens is 248 g/mol. The smallest absolute Gasteiger partial charge is 0.101 e. The van der Waals surface area contributed by atoms with E-state index in [0.717, 1.165) is 36.4 Å². The molecule has 1 aromatic heterocycles. The molecule has 20 heavy (non-hydrogen) atoms. The fourth-order valence-electron chi connectivity index (χ4n) is 2.20. The summed E-state index contributed by atoms with van der Waals surface area (Å²) < 4.78 is 0. The third kappa shape index (κ3) is 3.27. The van der Waals surface area contributed by atoms with E-state index in [4.69, 9.17) is 5.73 Å². The summed E-state index contributed by atoms with van der Waals surface area (Å²) in [6, 6.07) is 11.8. The molecule has 0 spiro atoms. The van der Waals surface area contributed by atoms with Crippen LogP contribution in [0.15, 0.2) is 42.7 Å². The summed E-state index contributed by atoms with van der Waals surface area (Å²) in [5, 5.41) is 9.22. The monoisotopic (exact) mass is 266 g/mol. The molecule has 2 N–H and O–H groups in total. The minimum absolute atomic E-state index is 0.650. The van der Waals surface area contributed by atoms with Crippen LogP contribution < -0.4 is 10.6 Å². The Morgan fingerprint density at radius 1 is 1.35 bits per heavy atom. The summed E-state index contributed by atoms with van der Waals surface area (Å²) in [6.07, 6.45) is 4.40. The fraction of sp³-hybridized carbons (Fsp3) is 0.250. The number of hydrogen-bond donors (Lipinski definition) is 1. The van der Waals surface area contributed by atoms with Gasteiger partial charge in [0.25, 0.3) is 0 Å². The number of anilines is 2. The Morgan fingerprint density at radius 2 is 2.20 bits per heavy atom. The zero-order chi connectivity index (χ0) is 14.4. The third-order valence-corrected chi connectivity index (χ3v) is 3.08. The molecule has 0 bridgehead atoms. The maximum Gasteiger partial charge on any atom is 0.101 e. The summed E-state index contributed by atoms with van der Waals surface area (Å²) in [6.45, 7) is 3.71. The predicted octanol–water partition coefficient (Wildman–Crippen LogP) is 2.95. The Morgan fingerprint density at radius 3 is 2.90 bits per heavy atom. The van der Waals surface area contributed by atoms with Gasteiger partial charge < -0.3 is 10.6 Å². The Balaban J connectivity index is 2.29. The summed E-state index contributed by atoms with van der Waals surface area (Å²) in [4.78, 5) is 6.31. The van der Waals surface area contributed by atoms with E-state index in [9.17, 15) is 5.26 Å². The number of nitriles is 1. The van der Waals surface area contributed by atoms with E-state index in [1.165, 1.54) is 0 Å². The third-order valence-electron chi connectivity index (χ3n) is 3.08. The molecule has 0 fully saturated rings. The summed E-state index contributed by atoms with van der Waals surface area (Å²) in [5.41, 5.74) is 9.23. The minimum Gasteiger partial charge on any atom is -0.399 e. The van der Waals surface area contributed by atoms with E-state index in [1.54, 1.807) is 18.5 Å². The van der Waals surface area contributed by atoms with Crippen molar-refractivity contribution in [3.05, 3.63) is 53.9 Å². The van der Waals surface area contributed by atoms with Gasteiger partial charge in [-0.05, 0) is 30.2 Å². The number of hydrogen-bond acceptors (Lipinski definition) is 4. The molecule has 0 radical (unpaired) electrons. The van der Waals surface area contributed by atoms with E-state index in [0.29, 0.717) is 5.56 Å². The van der Waals surface area contributed by atoms with E-state index in [-0.39, 0.29) is 0 Å². The second kappa shape index (κ2) is 6.58. The van der Waals surface area contributed by atoms with Crippen molar-refractivity contribution < 1.29 is 0 Å². The first-order valence-electron chi connectivity index (χ1n) is 6.68. The van der Waals surface area contributed by atoms with Crippen molar-refractivity contribution >= 4 is 11.4 Å². The maximum absolute atomic E-state index is 9.22. The van der Waals surface area contributed by atoms with Crippen LogP contribution in [0.4, 0.5) is 11.4 Å². The first-order chi connectivity index (χ1) is 9.74. The Hall–Kier alpha value is -2.54. The number of nitrogens with two attached hydrogens (primary N) is 1. The van der Waals surface area contributed by atoms with Gasteiger partial charge in [-0.25, -0.2) is 0 Å². The van der Waals surface area contributed by atoms with Crippen molar-refractivity contribution in [1.82, 2.24) is 4.98 Å².